The highest BCUT2D eigenvalue weighted by molar-refractivity contribution is 6.09. The van der Waals surface area contributed by atoms with Crippen molar-refractivity contribution in [3.8, 4) is 0 Å². The smallest absolute Gasteiger partial charge is 0.257 e. The number of Topliss-reactive ketones (excluding diaryl/α,β-unsaturated/α-hetero) is 1. The van der Waals surface area contributed by atoms with Gasteiger partial charge in [0.15, 0.2) is 0 Å². The second-order valence-corrected chi connectivity index (χ2v) is 5.62. The Morgan fingerprint density at radius 1 is 1.14 bits per heavy atom. The van der Waals surface area contributed by atoms with E-state index in [0.717, 1.165) is 16.9 Å². The average Bonchev–Trinajstić information content (AvgIpc) is 2.64. The summed E-state index contributed by atoms with van der Waals surface area (Å²) in [6.45, 7) is 1.96. The van der Waals surface area contributed by atoms with Gasteiger partial charge >= 0.3 is 0 Å². The van der Waals surface area contributed by atoms with Gasteiger partial charge in [0.05, 0.1) is 11.3 Å². The van der Waals surface area contributed by atoms with E-state index in [1.54, 1.807) is 6.07 Å². The van der Waals surface area contributed by atoms with Crippen molar-refractivity contribution >= 4 is 23.1 Å². The molecule has 0 saturated heterocycles. The molecule has 1 amide bonds. The Bertz CT molecular complexity index is 710. The van der Waals surface area contributed by atoms with Crippen LogP contribution in [0.25, 0.3) is 0 Å². The average molecular weight is 294 g/mol. The molecule has 3 rings (SSSR count). The largest absolute Gasteiger partial charge is 0.381 e. The zero-order valence-corrected chi connectivity index (χ0v) is 12.4. The lowest BCUT2D eigenvalue weighted by Gasteiger charge is -2.16. The van der Waals surface area contributed by atoms with Gasteiger partial charge in [0, 0.05) is 24.6 Å². The van der Waals surface area contributed by atoms with Crippen LogP contribution in [0.3, 0.4) is 0 Å². The molecular formula is C18H18N2O2. The number of carbonyl (C=O) groups is 2. The minimum atomic E-state index is -0.169. The number of para-hydroxylation sites is 2. The summed E-state index contributed by atoms with van der Waals surface area (Å²) in [5.74, 6) is 0.0245. The van der Waals surface area contributed by atoms with Gasteiger partial charge in [-0.05, 0) is 30.7 Å². The molecule has 0 unspecified atom stereocenters. The van der Waals surface area contributed by atoms with Crippen molar-refractivity contribution in [2.24, 2.45) is 0 Å². The van der Waals surface area contributed by atoms with Crippen LogP contribution in [0, 0.1) is 0 Å². The molecule has 1 aliphatic heterocycles. The van der Waals surface area contributed by atoms with Crippen LogP contribution in [0.4, 0.5) is 11.4 Å². The Morgan fingerprint density at radius 2 is 1.91 bits per heavy atom. The summed E-state index contributed by atoms with van der Waals surface area (Å²) >= 11 is 0. The van der Waals surface area contributed by atoms with E-state index in [2.05, 4.69) is 10.6 Å². The summed E-state index contributed by atoms with van der Waals surface area (Å²) < 4.78 is 0. The third-order valence-electron chi connectivity index (χ3n) is 3.74. The molecule has 0 radical (unpaired) electrons. The Hall–Kier alpha value is -2.62. The van der Waals surface area contributed by atoms with E-state index in [9.17, 15) is 9.59 Å². The predicted octanol–water partition coefficient (Wildman–Crippen LogP) is 3.25. The summed E-state index contributed by atoms with van der Waals surface area (Å²) in [7, 11) is 0. The van der Waals surface area contributed by atoms with Crippen molar-refractivity contribution in [2.75, 3.05) is 10.6 Å². The van der Waals surface area contributed by atoms with Crippen LogP contribution in [0.15, 0.2) is 48.5 Å². The van der Waals surface area contributed by atoms with Gasteiger partial charge in [0.2, 0.25) is 0 Å². The van der Waals surface area contributed by atoms with E-state index >= 15 is 0 Å². The monoisotopic (exact) mass is 294 g/mol. The fourth-order valence-electron chi connectivity index (χ4n) is 2.75. The van der Waals surface area contributed by atoms with Crippen LogP contribution < -0.4 is 10.6 Å². The first-order valence-corrected chi connectivity index (χ1v) is 7.40. The maximum Gasteiger partial charge on any atom is 0.257 e. The fraction of sp³-hybridized carbons (Fsp3) is 0.222. The molecule has 1 aliphatic rings. The topological polar surface area (TPSA) is 58.2 Å². The Morgan fingerprint density at radius 3 is 2.68 bits per heavy atom. The van der Waals surface area contributed by atoms with E-state index in [-0.39, 0.29) is 17.7 Å². The quantitative estimate of drug-likeness (QED) is 0.894. The summed E-state index contributed by atoms with van der Waals surface area (Å²) in [4.78, 5) is 24.4. The van der Waals surface area contributed by atoms with Crippen molar-refractivity contribution in [1.82, 2.24) is 0 Å². The highest BCUT2D eigenvalue weighted by Crippen LogP contribution is 2.27. The van der Waals surface area contributed by atoms with Crippen molar-refractivity contribution < 1.29 is 9.59 Å². The van der Waals surface area contributed by atoms with Gasteiger partial charge < -0.3 is 10.6 Å². The lowest BCUT2D eigenvalue weighted by Crippen LogP contribution is -2.20. The molecule has 0 spiro atoms. The third kappa shape index (κ3) is 3.01. The minimum absolute atomic E-state index is 0.0272. The minimum Gasteiger partial charge on any atom is -0.381 e. The third-order valence-corrected chi connectivity index (χ3v) is 3.74. The molecule has 22 heavy (non-hydrogen) atoms. The lowest BCUT2D eigenvalue weighted by molar-refractivity contribution is -0.118. The lowest BCUT2D eigenvalue weighted by atomic mass is 10.0. The zero-order valence-electron chi connectivity index (χ0n) is 12.4. The number of fused-ring (bicyclic) bond motifs is 1. The van der Waals surface area contributed by atoms with Crippen LogP contribution in [0.1, 0.15) is 29.3 Å². The number of nitrogens with one attached hydrogen (secondary N) is 2. The number of hydrogen-bond donors (Lipinski definition) is 2. The molecule has 0 aliphatic carbocycles. The summed E-state index contributed by atoms with van der Waals surface area (Å²) in [5.41, 5.74) is 2.98. The maximum absolute atomic E-state index is 12.6. The first-order chi connectivity index (χ1) is 10.6. The predicted molar refractivity (Wildman–Crippen MR) is 87.2 cm³/mol. The van der Waals surface area contributed by atoms with Crippen LogP contribution >= 0.6 is 0 Å². The molecule has 2 N–H and O–H groups in total. The normalized spacial score (nSPS) is 17.1. The first kappa shape index (κ1) is 14.3. The van der Waals surface area contributed by atoms with E-state index in [0.29, 0.717) is 18.4 Å². The number of amides is 1. The molecule has 112 valence electrons. The Labute approximate surface area is 129 Å². The SMILES string of the molecule is C[C@@H]1CC(=O)Cc2cccc(C(=O)Nc3ccccc3)c2N1. The zero-order chi connectivity index (χ0) is 15.5. The van der Waals surface area contributed by atoms with Crippen LogP contribution in [-0.2, 0) is 11.2 Å². The molecule has 2 aromatic rings. The highest BCUT2D eigenvalue weighted by Gasteiger charge is 2.22. The van der Waals surface area contributed by atoms with Crippen LogP contribution in [-0.4, -0.2) is 17.7 Å². The van der Waals surface area contributed by atoms with E-state index in [1.165, 1.54) is 0 Å². The van der Waals surface area contributed by atoms with Gasteiger partial charge in [-0.15, -0.1) is 0 Å². The standard InChI is InChI=1S/C18H18N2O2/c1-12-10-15(21)11-13-6-5-9-16(17(13)19-12)18(22)20-14-7-3-2-4-8-14/h2-9,12,19H,10-11H2,1H3,(H,20,22)/t12-/m1/s1. The molecule has 0 saturated carbocycles. The summed E-state index contributed by atoms with van der Waals surface area (Å²) in [6.07, 6.45) is 0.855. The van der Waals surface area contributed by atoms with Gasteiger partial charge in [0.1, 0.15) is 5.78 Å². The molecule has 4 heteroatoms. The number of anilines is 2. The molecule has 1 heterocycles. The number of rotatable bonds is 2. The van der Waals surface area contributed by atoms with Crippen molar-refractivity contribution in [3.63, 3.8) is 0 Å². The van der Waals surface area contributed by atoms with Crippen LogP contribution in [0.5, 0.6) is 0 Å². The Kier molecular flexibility index (Phi) is 3.92. The van der Waals surface area contributed by atoms with Crippen molar-refractivity contribution in [2.45, 2.75) is 25.8 Å². The summed E-state index contributed by atoms with van der Waals surface area (Å²) in [6, 6.07) is 14.9. The van der Waals surface area contributed by atoms with E-state index < -0.39 is 0 Å². The molecule has 4 nitrogen and oxygen atoms in total. The fourth-order valence-corrected chi connectivity index (χ4v) is 2.75. The number of ketones is 1. The van der Waals surface area contributed by atoms with Crippen LogP contribution in [0.2, 0.25) is 0 Å². The number of benzene rings is 2. The van der Waals surface area contributed by atoms with Gasteiger partial charge in [-0.3, -0.25) is 9.59 Å². The molecule has 2 aromatic carbocycles. The van der Waals surface area contributed by atoms with Crippen molar-refractivity contribution in [1.29, 1.82) is 0 Å². The molecule has 0 bridgehead atoms. The van der Waals surface area contributed by atoms with Crippen molar-refractivity contribution in [3.05, 3.63) is 59.7 Å². The van der Waals surface area contributed by atoms with E-state index in [4.69, 9.17) is 0 Å². The Balaban J connectivity index is 1.93. The van der Waals surface area contributed by atoms with Gasteiger partial charge in [-0.25, -0.2) is 0 Å². The molecule has 0 aromatic heterocycles. The highest BCUT2D eigenvalue weighted by atomic mass is 16.1. The molecular weight excluding hydrogens is 276 g/mol. The van der Waals surface area contributed by atoms with Gasteiger partial charge in [-0.2, -0.15) is 0 Å². The van der Waals surface area contributed by atoms with Gasteiger partial charge in [0.25, 0.3) is 5.91 Å². The van der Waals surface area contributed by atoms with Gasteiger partial charge in [-0.1, -0.05) is 30.3 Å². The second kappa shape index (κ2) is 6.02. The molecule has 0 fully saturated rings. The first-order valence-electron chi connectivity index (χ1n) is 7.40. The maximum atomic E-state index is 12.6. The summed E-state index contributed by atoms with van der Waals surface area (Å²) in [5, 5.41) is 6.20. The number of hydrogen-bond acceptors (Lipinski definition) is 3. The second-order valence-electron chi connectivity index (χ2n) is 5.62. The van der Waals surface area contributed by atoms with E-state index in [1.807, 2.05) is 49.4 Å². The molecule has 1 atom stereocenters. The number of carbonyl (C=O) groups excluding carboxylic acids is 2.